The summed E-state index contributed by atoms with van der Waals surface area (Å²) in [5, 5.41) is 7.58. The molecular weight excluding hydrogens is 690 g/mol. The lowest BCUT2D eigenvalue weighted by Gasteiger charge is -2.42. The fourth-order valence-corrected chi connectivity index (χ4v) is 7.97. The van der Waals surface area contributed by atoms with Gasteiger partial charge in [-0.25, -0.2) is 4.98 Å². The zero-order chi connectivity index (χ0) is 33.2. The maximum Gasteiger partial charge on any atom is 0.239 e. The highest BCUT2D eigenvalue weighted by Crippen LogP contribution is 2.43. The zero-order valence-electron chi connectivity index (χ0n) is 28.1. The van der Waals surface area contributed by atoms with Crippen molar-refractivity contribution in [2.75, 3.05) is 80.3 Å². The number of hydrogen-bond acceptors (Lipinski definition) is 13. The van der Waals surface area contributed by atoms with E-state index in [0.29, 0.717) is 28.9 Å². The molecule has 0 spiro atoms. The van der Waals surface area contributed by atoms with Gasteiger partial charge in [0.2, 0.25) is 11.8 Å². The summed E-state index contributed by atoms with van der Waals surface area (Å²) in [5.74, 6) is 2.60. The van der Waals surface area contributed by atoms with E-state index in [2.05, 4.69) is 87.6 Å². The number of aryl methyl sites for hydroxylation is 1. The van der Waals surface area contributed by atoms with Gasteiger partial charge >= 0.3 is 0 Å². The van der Waals surface area contributed by atoms with Crippen molar-refractivity contribution in [2.24, 2.45) is 0 Å². The zero-order valence-corrected chi connectivity index (χ0v) is 30.5. The first kappa shape index (κ1) is 33.1. The first-order valence-electron chi connectivity index (χ1n) is 16.9. The van der Waals surface area contributed by atoms with Gasteiger partial charge in [0.15, 0.2) is 0 Å². The topological polar surface area (TPSA) is 111 Å². The summed E-state index contributed by atoms with van der Waals surface area (Å²) in [6.07, 6.45) is 10.8. The number of rotatable bonds is 11. The summed E-state index contributed by atoms with van der Waals surface area (Å²) >= 11 is 5.50. The van der Waals surface area contributed by atoms with E-state index in [1.165, 1.54) is 18.4 Å². The number of piperidine rings is 1. The van der Waals surface area contributed by atoms with Crippen LogP contribution >= 0.6 is 27.9 Å². The van der Waals surface area contributed by atoms with Crippen LogP contribution in [0.5, 0.6) is 5.88 Å². The van der Waals surface area contributed by atoms with Gasteiger partial charge in [-0.1, -0.05) is 6.92 Å². The largest absolute Gasteiger partial charge is 0.479 e. The van der Waals surface area contributed by atoms with Gasteiger partial charge in [-0.15, -0.1) is 0 Å². The normalized spacial score (nSPS) is 17.9. The fourth-order valence-electron chi connectivity index (χ4n) is 6.59. The standard InChI is InChI=1S/C34H44BrN11OS/c1-5-22-20-28(33(47-4)42-32(22)46-14-10-23(11-15-46)45-18-16-43(2)17-19-45)40-34-38-21-25(35)31(41-34)39-27-9-8-26-29(37-13-12-36-26)30(27)44(3)48-24-6-7-24/h8-9,12-13,20-21,23-24H,5-7,10-11,14-19H2,1-4H3,(H2,38,39,40,41). The number of nitrogens with zero attached hydrogens (tertiary/aromatic N) is 9. The molecule has 0 atom stereocenters. The summed E-state index contributed by atoms with van der Waals surface area (Å²) in [6.45, 7) is 8.81. The Morgan fingerprint density at radius 2 is 1.73 bits per heavy atom. The van der Waals surface area contributed by atoms with Gasteiger partial charge in [-0.05, 0) is 90.8 Å². The van der Waals surface area contributed by atoms with Crippen LogP contribution in [0.3, 0.4) is 0 Å². The van der Waals surface area contributed by atoms with Gasteiger partial charge in [0.1, 0.15) is 22.8 Å². The lowest BCUT2D eigenvalue weighted by atomic mass is 10.0. The second-order valence-electron chi connectivity index (χ2n) is 12.8. The number of aromatic nitrogens is 5. The minimum atomic E-state index is 0.437. The van der Waals surface area contributed by atoms with Gasteiger partial charge in [0, 0.05) is 76.2 Å². The third-order valence-electron chi connectivity index (χ3n) is 9.44. The third kappa shape index (κ3) is 7.26. The molecule has 3 aliphatic rings. The highest BCUT2D eigenvalue weighted by Gasteiger charge is 2.29. The molecular formula is C34H44BrN11OS. The quantitative estimate of drug-likeness (QED) is 0.174. The Balaban J connectivity index is 1.10. The molecule has 0 amide bonds. The van der Waals surface area contributed by atoms with E-state index < -0.39 is 0 Å². The number of piperazine rings is 1. The first-order valence-corrected chi connectivity index (χ1v) is 18.5. The summed E-state index contributed by atoms with van der Waals surface area (Å²) in [4.78, 5) is 31.3. The van der Waals surface area contributed by atoms with Crippen LogP contribution in [-0.2, 0) is 6.42 Å². The highest BCUT2D eigenvalue weighted by molar-refractivity contribution is 9.10. The number of nitrogens with one attached hydrogen (secondary N) is 2. The number of fused-ring (bicyclic) bond motifs is 1. The van der Waals surface area contributed by atoms with Gasteiger partial charge in [0.05, 0.1) is 28.5 Å². The van der Waals surface area contributed by atoms with Crippen molar-refractivity contribution >= 4 is 73.6 Å². The van der Waals surface area contributed by atoms with Crippen LogP contribution in [0.15, 0.2) is 41.3 Å². The summed E-state index contributed by atoms with van der Waals surface area (Å²) in [5.41, 5.74) is 5.45. The number of ether oxygens (including phenoxy) is 1. The molecule has 3 fully saturated rings. The fraction of sp³-hybridized carbons (Fsp3) is 0.500. The van der Waals surface area contributed by atoms with Crippen LogP contribution in [-0.4, -0.2) is 106 Å². The summed E-state index contributed by atoms with van der Waals surface area (Å²) in [6, 6.07) is 6.80. The Morgan fingerprint density at radius 1 is 0.958 bits per heavy atom. The summed E-state index contributed by atoms with van der Waals surface area (Å²) in [7, 11) is 5.97. The molecule has 4 aromatic rings. The molecule has 48 heavy (non-hydrogen) atoms. The molecule has 2 N–H and O–H groups in total. The molecule has 0 radical (unpaired) electrons. The lowest BCUT2D eigenvalue weighted by molar-refractivity contribution is 0.0981. The third-order valence-corrected chi connectivity index (χ3v) is 11.3. The predicted octanol–water partition coefficient (Wildman–Crippen LogP) is 6.10. The number of pyridine rings is 1. The predicted molar refractivity (Wildman–Crippen MR) is 199 cm³/mol. The van der Waals surface area contributed by atoms with Gasteiger partial charge in [0.25, 0.3) is 0 Å². The van der Waals surface area contributed by atoms with Crippen molar-refractivity contribution < 1.29 is 4.74 Å². The molecule has 14 heteroatoms. The Kier molecular flexibility index (Phi) is 10.0. The number of halogens is 1. The Labute approximate surface area is 295 Å². The van der Waals surface area contributed by atoms with Crippen molar-refractivity contribution in [2.45, 2.75) is 50.3 Å². The van der Waals surface area contributed by atoms with Crippen LogP contribution in [0, 0.1) is 0 Å². The van der Waals surface area contributed by atoms with Crippen molar-refractivity contribution in [3.8, 4) is 5.88 Å². The average molecular weight is 735 g/mol. The van der Waals surface area contributed by atoms with Gasteiger partial charge < -0.3 is 29.5 Å². The second-order valence-corrected chi connectivity index (χ2v) is 15.0. The molecule has 1 saturated carbocycles. The minimum absolute atomic E-state index is 0.437. The van der Waals surface area contributed by atoms with E-state index in [-0.39, 0.29) is 0 Å². The van der Waals surface area contributed by atoms with Crippen molar-refractivity contribution in [3.05, 3.63) is 46.8 Å². The Hall–Kier alpha value is -3.46. The molecule has 12 nitrogen and oxygen atoms in total. The number of hydrogen-bond donors (Lipinski definition) is 2. The maximum absolute atomic E-state index is 5.83. The molecule has 1 aromatic carbocycles. The van der Waals surface area contributed by atoms with Crippen molar-refractivity contribution in [1.82, 2.24) is 34.7 Å². The molecule has 254 valence electrons. The van der Waals surface area contributed by atoms with Gasteiger partial charge in [-0.3, -0.25) is 14.9 Å². The smallest absolute Gasteiger partial charge is 0.239 e. The Morgan fingerprint density at radius 3 is 2.46 bits per heavy atom. The number of benzene rings is 1. The molecule has 0 bridgehead atoms. The molecule has 3 aromatic heterocycles. The van der Waals surface area contributed by atoms with E-state index in [1.807, 2.05) is 24.1 Å². The number of likely N-dealkylation sites (N-methyl/N-ethyl adjacent to an activating group) is 1. The second kappa shape index (κ2) is 14.6. The van der Waals surface area contributed by atoms with Crippen molar-refractivity contribution in [1.29, 1.82) is 0 Å². The first-order chi connectivity index (χ1) is 23.4. The van der Waals surface area contributed by atoms with Crippen LogP contribution in [0.2, 0.25) is 0 Å². The maximum atomic E-state index is 5.83. The van der Waals surface area contributed by atoms with E-state index in [1.54, 1.807) is 25.7 Å². The van der Waals surface area contributed by atoms with E-state index in [9.17, 15) is 0 Å². The molecule has 2 saturated heterocycles. The molecule has 7 rings (SSSR count). The van der Waals surface area contributed by atoms with E-state index >= 15 is 0 Å². The monoisotopic (exact) mass is 733 g/mol. The Bertz CT molecular complexity index is 1740. The van der Waals surface area contributed by atoms with Crippen LogP contribution < -0.4 is 24.6 Å². The van der Waals surface area contributed by atoms with E-state index in [4.69, 9.17) is 14.7 Å². The van der Waals surface area contributed by atoms with Crippen molar-refractivity contribution in [3.63, 3.8) is 0 Å². The number of methoxy groups -OCH3 is 1. The molecule has 0 unspecified atom stereocenters. The van der Waals surface area contributed by atoms with Gasteiger partial charge in [-0.2, -0.15) is 9.97 Å². The molecule has 5 heterocycles. The van der Waals surface area contributed by atoms with Crippen LogP contribution in [0.4, 0.5) is 34.6 Å². The highest BCUT2D eigenvalue weighted by atomic mass is 79.9. The lowest BCUT2D eigenvalue weighted by Crippen LogP contribution is -2.52. The van der Waals surface area contributed by atoms with E-state index in [0.717, 1.165) is 96.9 Å². The SMILES string of the molecule is CCc1cc(Nc2ncc(Br)c(Nc3ccc4nccnc4c3N(C)SC3CC3)n2)c(OC)nc1N1CCC(N2CCN(C)CC2)CC1. The van der Waals surface area contributed by atoms with Crippen LogP contribution in [0.1, 0.15) is 38.2 Å². The molecule has 1 aliphatic carbocycles. The van der Waals surface area contributed by atoms with Crippen LogP contribution in [0.25, 0.3) is 11.0 Å². The summed E-state index contributed by atoms with van der Waals surface area (Å²) < 4.78 is 8.77. The molecule has 2 aliphatic heterocycles. The number of anilines is 6. The average Bonchev–Trinajstić information content (AvgIpc) is 3.93. The minimum Gasteiger partial charge on any atom is -0.479 e.